The number of carbonyl (C=O) groups excluding carboxylic acids is 2. The van der Waals surface area contributed by atoms with Gasteiger partial charge in [0.05, 0.1) is 6.20 Å². The predicted octanol–water partition coefficient (Wildman–Crippen LogP) is 3.76. The van der Waals surface area contributed by atoms with E-state index < -0.39 is 5.97 Å². The van der Waals surface area contributed by atoms with Crippen molar-refractivity contribution < 1.29 is 19.1 Å². The Labute approximate surface area is 181 Å². The fourth-order valence-electron chi connectivity index (χ4n) is 2.84. The molecule has 0 N–H and O–H groups in total. The number of carbonyl (C=O) groups is 2. The number of para-hydroxylation sites is 1. The summed E-state index contributed by atoms with van der Waals surface area (Å²) in [6.45, 7) is 0.0666. The van der Waals surface area contributed by atoms with Gasteiger partial charge in [-0.05, 0) is 42.0 Å². The second-order valence-corrected chi connectivity index (χ2v) is 7.17. The number of anilines is 1. The van der Waals surface area contributed by atoms with Crippen LogP contribution in [0, 0.1) is 0 Å². The number of hydrogen-bond donors (Lipinski definition) is 0. The van der Waals surface area contributed by atoms with E-state index in [1.54, 1.807) is 55.8 Å². The van der Waals surface area contributed by atoms with Crippen LogP contribution in [0.15, 0.2) is 73.1 Å². The molecular formula is C24H25N3O4. The topological polar surface area (TPSA) is 72.0 Å². The van der Waals surface area contributed by atoms with Gasteiger partial charge in [-0.25, -0.2) is 4.79 Å². The van der Waals surface area contributed by atoms with Gasteiger partial charge in [-0.3, -0.25) is 9.78 Å². The summed E-state index contributed by atoms with van der Waals surface area (Å²) in [5, 5.41) is 0. The molecule has 2 aromatic carbocycles. The Morgan fingerprint density at radius 2 is 1.68 bits per heavy atom. The van der Waals surface area contributed by atoms with Crippen molar-refractivity contribution in [3.05, 3.63) is 84.2 Å². The lowest BCUT2D eigenvalue weighted by Crippen LogP contribution is -2.30. The highest BCUT2D eigenvalue weighted by atomic mass is 16.5. The Balaban J connectivity index is 1.57. The van der Waals surface area contributed by atoms with Crippen LogP contribution in [0.25, 0.3) is 0 Å². The molecule has 0 radical (unpaired) electrons. The molecule has 1 amide bonds. The average Bonchev–Trinajstić information content (AvgIpc) is 2.78. The largest absolute Gasteiger partial charge is 0.455 e. The third-order valence-electron chi connectivity index (χ3n) is 4.59. The van der Waals surface area contributed by atoms with Crippen molar-refractivity contribution >= 4 is 17.6 Å². The smallest absolute Gasteiger partial charge is 0.342 e. The Bertz CT molecular complexity index is 1020. The number of benzene rings is 2. The van der Waals surface area contributed by atoms with Gasteiger partial charge in [-0.15, -0.1) is 0 Å². The Morgan fingerprint density at radius 3 is 2.35 bits per heavy atom. The molecule has 0 unspecified atom stereocenters. The van der Waals surface area contributed by atoms with Gasteiger partial charge in [0.2, 0.25) is 0 Å². The maximum atomic E-state index is 12.5. The lowest BCUT2D eigenvalue weighted by Gasteiger charge is -2.18. The van der Waals surface area contributed by atoms with E-state index in [1.807, 2.05) is 43.3 Å². The Kier molecular flexibility index (Phi) is 7.22. The third kappa shape index (κ3) is 6.05. The molecule has 3 rings (SSSR count). The lowest BCUT2D eigenvalue weighted by molar-refractivity contribution is -0.133. The molecule has 0 saturated heterocycles. The van der Waals surface area contributed by atoms with Crippen LogP contribution < -0.4 is 9.64 Å². The highest BCUT2D eigenvalue weighted by Crippen LogP contribution is 2.25. The molecule has 0 atom stereocenters. The van der Waals surface area contributed by atoms with E-state index in [4.69, 9.17) is 9.47 Å². The number of pyridine rings is 1. The van der Waals surface area contributed by atoms with Crippen LogP contribution >= 0.6 is 0 Å². The zero-order valence-corrected chi connectivity index (χ0v) is 17.8. The minimum Gasteiger partial charge on any atom is -0.455 e. The van der Waals surface area contributed by atoms with Crippen LogP contribution in [0.5, 0.6) is 11.5 Å². The van der Waals surface area contributed by atoms with E-state index in [0.29, 0.717) is 18.0 Å². The van der Waals surface area contributed by atoms with E-state index in [-0.39, 0.29) is 18.1 Å². The van der Waals surface area contributed by atoms with Crippen LogP contribution in [0.4, 0.5) is 5.69 Å². The minimum absolute atomic E-state index is 0.237. The molecule has 3 aromatic rings. The summed E-state index contributed by atoms with van der Waals surface area (Å²) in [5.74, 6) is -0.0894. The molecule has 7 heteroatoms. The second-order valence-electron chi connectivity index (χ2n) is 7.17. The summed E-state index contributed by atoms with van der Waals surface area (Å²) in [6, 6.07) is 18.1. The van der Waals surface area contributed by atoms with Gasteiger partial charge in [-0.2, -0.15) is 0 Å². The van der Waals surface area contributed by atoms with Crippen molar-refractivity contribution in [2.45, 2.75) is 6.54 Å². The zero-order chi connectivity index (χ0) is 22.2. The molecule has 0 fully saturated rings. The summed E-state index contributed by atoms with van der Waals surface area (Å²) in [5.41, 5.74) is 2.31. The molecule has 0 aliphatic rings. The van der Waals surface area contributed by atoms with Gasteiger partial charge in [0.1, 0.15) is 17.1 Å². The minimum atomic E-state index is -0.628. The van der Waals surface area contributed by atoms with Crippen molar-refractivity contribution in [1.29, 1.82) is 0 Å². The average molecular weight is 419 g/mol. The highest BCUT2D eigenvalue weighted by Gasteiger charge is 2.17. The van der Waals surface area contributed by atoms with Crippen LogP contribution in [0.1, 0.15) is 15.9 Å². The van der Waals surface area contributed by atoms with Gasteiger partial charge in [-0.1, -0.05) is 24.3 Å². The first-order valence-electron chi connectivity index (χ1n) is 9.78. The number of aromatic nitrogens is 1. The number of ether oxygens (including phenoxy) is 2. The van der Waals surface area contributed by atoms with Crippen LogP contribution in [-0.4, -0.2) is 49.5 Å². The first-order chi connectivity index (χ1) is 14.9. The molecule has 0 aliphatic heterocycles. The van der Waals surface area contributed by atoms with Crippen molar-refractivity contribution in [3.63, 3.8) is 0 Å². The van der Waals surface area contributed by atoms with Gasteiger partial charge in [0.15, 0.2) is 6.61 Å². The number of likely N-dealkylation sites (N-methyl/N-ethyl adjacent to an activating group) is 1. The molecule has 0 spiro atoms. The summed E-state index contributed by atoms with van der Waals surface area (Å²) in [4.78, 5) is 32.5. The molecule has 7 nitrogen and oxygen atoms in total. The van der Waals surface area contributed by atoms with Gasteiger partial charge in [0, 0.05) is 39.6 Å². The molecule has 0 aliphatic carbocycles. The summed E-state index contributed by atoms with van der Waals surface area (Å²) in [7, 11) is 5.62. The maximum absolute atomic E-state index is 12.5. The van der Waals surface area contributed by atoms with E-state index in [9.17, 15) is 9.59 Å². The summed E-state index contributed by atoms with van der Waals surface area (Å²) >= 11 is 0. The molecule has 1 heterocycles. The fourth-order valence-corrected chi connectivity index (χ4v) is 2.84. The summed E-state index contributed by atoms with van der Waals surface area (Å²) < 4.78 is 11.0. The van der Waals surface area contributed by atoms with E-state index in [2.05, 4.69) is 4.98 Å². The summed E-state index contributed by atoms with van der Waals surface area (Å²) in [6.07, 6.45) is 3.18. The zero-order valence-electron chi connectivity index (χ0n) is 17.8. The number of rotatable bonds is 8. The van der Waals surface area contributed by atoms with Gasteiger partial charge in [0.25, 0.3) is 5.91 Å². The lowest BCUT2D eigenvalue weighted by atomic mass is 10.2. The van der Waals surface area contributed by atoms with Gasteiger partial charge >= 0.3 is 5.97 Å². The highest BCUT2D eigenvalue weighted by molar-refractivity contribution is 5.94. The number of nitrogens with zero attached hydrogens (tertiary/aromatic N) is 3. The van der Waals surface area contributed by atoms with E-state index in [1.165, 1.54) is 4.90 Å². The molecule has 0 bridgehead atoms. The molecule has 160 valence electrons. The quantitative estimate of drug-likeness (QED) is 0.518. The predicted molar refractivity (Wildman–Crippen MR) is 118 cm³/mol. The number of esters is 1. The van der Waals surface area contributed by atoms with Crippen LogP contribution in [0.2, 0.25) is 0 Å². The molecule has 1 aromatic heterocycles. The monoisotopic (exact) mass is 419 g/mol. The van der Waals surface area contributed by atoms with Crippen LogP contribution in [-0.2, 0) is 16.1 Å². The first kappa shape index (κ1) is 21.8. The van der Waals surface area contributed by atoms with E-state index >= 15 is 0 Å². The standard InChI is InChI=1S/C24H25N3O4/c1-26(2)19-12-10-18(11-13-19)16-27(3)23(28)17-30-24(29)21-8-4-5-9-22(21)31-20-7-6-14-25-15-20/h4-15H,16-17H2,1-3H3. The van der Waals surface area contributed by atoms with Crippen molar-refractivity contribution in [2.24, 2.45) is 0 Å². The van der Waals surface area contributed by atoms with Gasteiger partial charge < -0.3 is 19.3 Å². The van der Waals surface area contributed by atoms with Crippen molar-refractivity contribution in [1.82, 2.24) is 9.88 Å². The second kappa shape index (κ2) is 10.2. The normalized spacial score (nSPS) is 10.3. The van der Waals surface area contributed by atoms with E-state index in [0.717, 1.165) is 11.3 Å². The maximum Gasteiger partial charge on any atom is 0.342 e. The fraction of sp³-hybridized carbons (Fsp3) is 0.208. The van der Waals surface area contributed by atoms with Crippen molar-refractivity contribution in [3.8, 4) is 11.5 Å². The first-order valence-corrected chi connectivity index (χ1v) is 9.78. The SMILES string of the molecule is CN(Cc1ccc(N(C)C)cc1)C(=O)COC(=O)c1ccccc1Oc1cccnc1. The number of hydrogen-bond acceptors (Lipinski definition) is 6. The Morgan fingerprint density at radius 1 is 0.935 bits per heavy atom. The molecule has 31 heavy (non-hydrogen) atoms. The Hall–Kier alpha value is -3.87. The van der Waals surface area contributed by atoms with Crippen LogP contribution in [0.3, 0.4) is 0 Å². The molecule has 0 saturated carbocycles. The van der Waals surface area contributed by atoms with Crippen molar-refractivity contribution in [2.75, 3.05) is 32.6 Å². The number of amides is 1. The third-order valence-corrected chi connectivity index (χ3v) is 4.59. The molecular weight excluding hydrogens is 394 g/mol.